The number of hydrogen-bond donors (Lipinski definition) is 1. The number of ether oxygens (including phenoxy) is 1. The molecule has 0 aliphatic carbocycles. The minimum atomic E-state index is 0.648. The molecule has 1 unspecified atom stereocenters. The first-order chi connectivity index (χ1) is 7.28. The summed E-state index contributed by atoms with van der Waals surface area (Å²) in [4.78, 5) is 0. The van der Waals surface area contributed by atoms with Crippen molar-refractivity contribution in [3.63, 3.8) is 0 Å². The third kappa shape index (κ3) is 7.80. The first-order valence-electron chi connectivity index (χ1n) is 6.50. The molecule has 0 rings (SSSR count). The van der Waals surface area contributed by atoms with Crippen LogP contribution in [0.1, 0.15) is 52.9 Å². The van der Waals surface area contributed by atoms with Crippen molar-refractivity contribution in [3.8, 4) is 0 Å². The Balaban J connectivity index is 3.86. The monoisotopic (exact) mass is 215 g/mol. The van der Waals surface area contributed by atoms with Gasteiger partial charge in [-0.3, -0.25) is 0 Å². The molecule has 92 valence electrons. The maximum atomic E-state index is 5.16. The zero-order valence-corrected chi connectivity index (χ0v) is 11.0. The highest BCUT2D eigenvalue weighted by molar-refractivity contribution is 4.70. The molecular formula is C13H29NO. The lowest BCUT2D eigenvalue weighted by atomic mass is 9.93. The van der Waals surface area contributed by atoms with Gasteiger partial charge in [0.15, 0.2) is 0 Å². The smallest absolute Gasteiger partial charge is 0.0477 e. The average molecular weight is 215 g/mol. The van der Waals surface area contributed by atoms with Crippen LogP contribution in [0.3, 0.4) is 0 Å². The van der Waals surface area contributed by atoms with Gasteiger partial charge in [0, 0.05) is 19.8 Å². The standard InChI is InChI=1S/C13H29NO/c1-5-9-14-13(8-10-15-4)11-12(6-2)7-3/h12-14H,5-11H2,1-4H3. The molecule has 0 spiro atoms. The maximum Gasteiger partial charge on any atom is 0.0477 e. The van der Waals surface area contributed by atoms with Crippen LogP contribution in [-0.2, 0) is 4.74 Å². The van der Waals surface area contributed by atoms with Crippen molar-refractivity contribution in [2.24, 2.45) is 5.92 Å². The van der Waals surface area contributed by atoms with E-state index in [0.29, 0.717) is 6.04 Å². The summed E-state index contributed by atoms with van der Waals surface area (Å²) < 4.78 is 5.16. The average Bonchev–Trinajstić information content (AvgIpc) is 2.28. The molecule has 1 atom stereocenters. The molecule has 1 N–H and O–H groups in total. The predicted molar refractivity (Wildman–Crippen MR) is 67.3 cm³/mol. The first kappa shape index (κ1) is 14.9. The SMILES string of the molecule is CCCNC(CCOC)CC(CC)CC. The fraction of sp³-hybridized carbons (Fsp3) is 1.00. The second kappa shape index (κ2) is 10.4. The van der Waals surface area contributed by atoms with Crippen molar-refractivity contribution < 1.29 is 4.74 Å². The Morgan fingerprint density at radius 1 is 1.13 bits per heavy atom. The van der Waals surface area contributed by atoms with Crippen LogP contribution in [0.15, 0.2) is 0 Å². The van der Waals surface area contributed by atoms with Gasteiger partial charge < -0.3 is 10.1 Å². The summed E-state index contributed by atoms with van der Waals surface area (Å²) in [5.74, 6) is 0.871. The van der Waals surface area contributed by atoms with E-state index in [1.54, 1.807) is 7.11 Å². The molecule has 0 aromatic carbocycles. The van der Waals surface area contributed by atoms with Crippen molar-refractivity contribution in [3.05, 3.63) is 0 Å². The molecule has 15 heavy (non-hydrogen) atoms. The Hall–Kier alpha value is -0.0800. The van der Waals surface area contributed by atoms with E-state index >= 15 is 0 Å². The van der Waals surface area contributed by atoms with E-state index in [-0.39, 0.29) is 0 Å². The molecule has 0 amide bonds. The Morgan fingerprint density at radius 3 is 2.27 bits per heavy atom. The van der Waals surface area contributed by atoms with Crippen LogP contribution in [0.2, 0.25) is 0 Å². The third-order valence-electron chi connectivity index (χ3n) is 3.13. The first-order valence-corrected chi connectivity index (χ1v) is 6.50. The topological polar surface area (TPSA) is 21.3 Å². The van der Waals surface area contributed by atoms with Gasteiger partial charge in [-0.25, -0.2) is 0 Å². The van der Waals surface area contributed by atoms with E-state index in [4.69, 9.17) is 4.74 Å². The summed E-state index contributed by atoms with van der Waals surface area (Å²) in [5.41, 5.74) is 0. The van der Waals surface area contributed by atoms with E-state index in [1.165, 1.54) is 25.7 Å². The van der Waals surface area contributed by atoms with Gasteiger partial charge in [-0.2, -0.15) is 0 Å². The highest BCUT2D eigenvalue weighted by Gasteiger charge is 2.12. The van der Waals surface area contributed by atoms with Crippen LogP contribution in [0.25, 0.3) is 0 Å². The molecule has 0 aromatic rings. The highest BCUT2D eigenvalue weighted by atomic mass is 16.5. The molecule has 0 heterocycles. The molecule has 0 fully saturated rings. The van der Waals surface area contributed by atoms with Crippen LogP contribution in [0.4, 0.5) is 0 Å². The van der Waals surface area contributed by atoms with Gasteiger partial charge in [0.1, 0.15) is 0 Å². The second-order valence-electron chi connectivity index (χ2n) is 4.35. The van der Waals surface area contributed by atoms with Crippen molar-refractivity contribution in [2.45, 2.75) is 58.9 Å². The second-order valence-corrected chi connectivity index (χ2v) is 4.35. The van der Waals surface area contributed by atoms with Gasteiger partial charge in [-0.1, -0.05) is 33.6 Å². The van der Waals surface area contributed by atoms with Crippen LogP contribution in [-0.4, -0.2) is 26.3 Å². The van der Waals surface area contributed by atoms with E-state index < -0.39 is 0 Å². The molecule has 2 heteroatoms. The molecule has 0 aliphatic heterocycles. The van der Waals surface area contributed by atoms with Crippen LogP contribution in [0, 0.1) is 5.92 Å². The molecule has 0 aromatic heterocycles. The maximum absolute atomic E-state index is 5.16. The highest BCUT2D eigenvalue weighted by Crippen LogP contribution is 2.16. The minimum Gasteiger partial charge on any atom is -0.385 e. The van der Waals surface area contributed by atoms with Crippen LogP contribution < -0.4 is 5.32 Å². The Bertz CT molecular complexity index is 116. The zero-order chi connectivity index (χ0) is 11.5. The van der Waals surface area contributed by atoms with Gasteiger partial charge >= 0.3 is 0 Å². The summed E-state index contributed by atoms with van der Waals surface area (Å²) >= 11 is 0. The van der Waals surface area contributed by atoms with Gasteiger partial charge in [0.05, 0.1) is 0 Å². The molecule has 0 bridgehead atoms. The van der Waals surface area contributed by atoms with Crippen molar-refractivity contribution >= 4 is 0 Å². The molecule has 2 nitrogen and oxygen atoms in total. The van der Waals surface area contributed by atoms with Gasteiger partial charge in [-0.05, 0) is 31.7 Å². The van der Waals surface area contributed by atoms with Gasteiger partial charge in [0.25, 0.3) is 0 Å². The summed E-state index contributed by atoms with van der Waals surface area (Å²) in [7, 11) is 1.79. The van der Waals surface area contributed by atoms with Crippen LogP contribution >= 0.6 is 0 Å². The summed E-state index contributed by atoms with van der Waals surface area (Å²) in [5, 5.41) is 3.62. The lowest BCUT2D eigenvalue weighted by Gasteiger charge is -2.22. The Kier molecular flexibility index (Phi) is 10.4. The number of methoxy groups -OCH3 is 1. The quantitative estimate of drug-likeness (QED) is 0.604. The molecular weight excluding hydrogens is 186 g/mol. The molecule has 0 radical (unpaired) electrons. The van der Waals surface area contributed by atoms with E-state index in [9.17, 15) is 0 Å². The molecule has 0 saturated heterocycles. The van der Waals surface area contributed by atoms with Crippen LogP contribution in [0.5, 0.6) is 0 Å². The summed E-state index contributed by atoms with van der Waals surface area (Å²) in [6.45, 7) is 8.82. The fourth-order valence-corrected chi connectivity index (χ4v) is 1.94. The van der Waals surface area contributed by atoms with Gasteiger partial charge in [0.2, 0.25) is 0 Å². The van der Waals surface area contributed by atoms with E-state index in [0.717, 1.165) is 25.5 Å². The van der Waals surface area contributed by atoms with Gasteiger partial charge in [-0.15, -0.1) is 0 Å². The van der Waals surface area contributed by atoms with E-state index in [1.807, 2.05) is 0 Å². The predicted octanol–water partition coefficient (Wildman–Crippen LogP) is 3.22. The lowest BCUT2D eigenvalue weighted by molar-refractivity contribution is 0.176. The third-order valence-corrected chi connectivity index (χ3v) is 3.13. The van der Waals surface area contributed by atoms with Crippen molar-refractivity contribution in [1.29, 1.82) is 0 Å². The zero-order valence-electron chi connectivity index (χ0n) is 11.0. The number of rotatable bonds is 10. The molecule has 0 aliphatic rings. The van der Waals surface area contributed by atoms with Crippen molar-refractivity contribution in [1.82, 2.24) is 5.32 Å². The summed E-state index contributed by atoms with van der Waals surface area (Å²) in [6, 6.07) is 0.648. The fourth-order valence-electron chi connectivity index (χ4n) is 1.94. The molecule has 0 saturated carbocycles. The Labute approximate surface area is 95.8 Å². The van der Waals surface area contributed by atoms with Crippen molar-refractivity contribution in [2.75, 3.05) is 20.3 Å². The lowest BCUT2D eigenvalue weighted by Crippen LogP contribution is -2.32. The summed E-state index contributed by atoms with van der Waals surface area (Å²) in [6.07, 6.45) is 6.26. The largest absolute Gasteiger partial charge is 0.385 e. The number of hydrogen-bond acceptors (Lipinski definition) is 2. The normalized spacial score (nSPS) is 13.4. The minimum absolute atomic E-state index is 0.648. The number of nitrogens with one attached hydrogen (secondary N) is 1. The Morgan fingerprint density at radius 2 is 1.80 bits per heavy atom. The van der Waals surface area contributed by atoms with E-state index in [2.05, 4.69) is 26.1 Å².